The van der Waals surface area contributed by atoms with Crippen molar-refractivity contribution >= 4 is 49.1 Å². The fourth-order valence-electron chi connectivity index (χ4n) is 2.83. The number of nitrogens with one attached hydrogen (secondary N) is 1. The molecule has 0 radical (unpaired) electrons. The lowest BCUT2D eigenvalue weighted by molar-refractivity contribution is -0.137. The van der Waals surface area contributed by atoms with Crippen molar-refractivity contribution in [2.75, 3.05) is 7.05 Å². The zero-order valence-electron chi connectivity index (χ0n) is 13.6. The molecule has 3 heterocycles. The van der Waals surface area contributed by atoms with Gasteiger partial charge in [-0.25, -0.2) is 4.98 Å². The second-order valence-corrected chi connectivity index (χ2v) is 7.90. The first-order chi connectivity index (χ1) is 12.3. The van der Waals surface area contributed by atoms with Gasteiger partial charge in [-0.3, -0.25) is 9.36 Å². The maximum atomic E-state index is 12.8. The summed E-state index contributed by atoms with van der Waals surface area (Å²) in [6.45, 7) is 1.88. The van der Waals surface area contributed by atoms with E-state index in [9.17, 15) is 18.0 Å². The summed E-state index contributed by atoms with van der Waals surface area (Å²) in [5, 5.41) is 3.44. The minimum absolute atomic E-state index is 0.203. The molecule has 0 bridgehead atoms. The second kappa shape index (κ2) is 5.82. The summed E-state index contributed by atoms with van der Waals surface area (Å²) in [6, 6.07) is 6.75. The number of hydrogen-bond donors (Lipinski definition) is 1. The number of carbonyl (C=O) groups excluding carboxylic acids is 1. The molecule has 3 aromatic heterocycles. The highest BCUT2D eigenvalue weighted by atomic mass is 32.1. The first-order valence-electron chi connectivity index (χ1n) is 7.60. The largest absolute Gasteiger partial charge is 0.416 e. The summed E-state index contributed by atoms with van der Waals surface area (Å²) >= 11 is 2.80. The molecule has 0 unspecified atom stereocenters. The summed E-state index contributed by atoms with van der Waals surface area (Å²) in [7, 11) is 1.55. The van der Waals surface area contributed by atoms with Gasteiger partial charge >= 0.3 is 6.18 Å². The first kappa shape index (κ1) is 17.0. The Morgan fingerprint density at radius 1 is 1.19 bits per heavy atom. The highest BCUT2D eigenvalue weighted by molar-refractivity contribution is 7.23. The molecule has 0 aliphatic rings. The Kier molecular flexibility index (Phi) is 3.81. The zero-order chi connectivity index (χ0) is 18.6. The van der Waals surface area contributed by atoms with Crippen LogP contribution in [0.3, 0.4) is 0 Å². The fraction of sp³-hybridized carbons (Fsp3) is 0.176. The second-order valence-electron chi connectivity index (χ2n) is 5.67. The predicted octanol–water partition coefficient (Wildman–Crippen LogP) is 4.99. The zero-order valence-corrected chi connectivity index (χ0v) is 15.3. The number of alkyl halides is 3. The van der Waals surface area contributed by atoms with E-state index in [-0.39, 0.29) is 5.91 Å². The van der Waals surface area contributed by atoms with Crippen LogP contribution in [-0.2, 0) is 6.18 Å². The highest BCUT2D eigenvalue weighted by Crippen LogP contribution is 2.40. The molecule has 26 heavy (non-hydrogen) atoms. The number of aromatic nitrogens is 2. The minimum Gasteiger partial charge on any atom is -0.354 e. The molecule has 0 aliphatic heterocycles. The number of amides is 1. The fourth-order valence-corrected chi connectivity index (χ4v) is 4.93. The van der Waals surface area contributed by atoms with Crippen LogP contribution in [0.15, 0.2) is 30.3 Å². The van der Waals surface area contributed by atoms with Crippen LogP contribution in [0.5, 0.6) is 0 Å². The smallest absolute Gasteiger partial charge is 0.354 e. The molecule has 1 aromatic carbocycles. The molecule has 0 fully saturated rings. The molecular weight excluding hydrogens is 383 g/mol. The molecular formula is C17H12F3N3OS2. The number of nitrogens with zero attached hydrogens (tertiary/aromatic N) is 2. The number of thiazole rings is 1. The molecule has 0 atom stereocenters. The summed E-state index contributed by atoms with van der Waals surface area (Å²) < 4.78 is 41.2. The molecule has 9 heteroatoms. The van der Waals surface area contributed by atoms with Gasteiger partial charge < -0.3 is 5.32 Å². The van der Waals surface area contributed by atoms with E-state index < -0.39 is 11.7 Å². The maximum Gasteiger partial charge on any atom is 0.416 e. The van der Waals surface area contributed by atoms with E-state index in [2.05, 4.69) is 10.3 Å². The Bertz CT molecular complexity index is 1140. The summed E-state index contributed by atoms with van der Waals surface area (Å²) in [5.74, 6) is -0.203. The number of carbonyl (C=O) groups is 1. The SMILES string of the molecule is CNC(=O)c1cc2c(s1)c1nc(C)sc1n2-c1ccc(C(F)(F)F)cc1. The van der Waals surface area contributed by atoms with Crippen molar-refractivity contribution in [3.63, 3.8) is 0 Å². The van der Waals surface area contributed by atoms with E-state index >= 15 is 0 Å². The minimum atomic E-state index is -4.38. The monoisotopic (exact) mass is 395 g/mol. The van der Waals surface area contributed by atoms with Gasteiger partial charge in [-0.05, 0) is 37.3 Å². The van der Waals surface area contributed by atoms with Gasteiger partial charge in [0.25, 0.3) is 5.91 Å². The van der Waals surface area contributed by atoms with E-state index in [0.717, 1.165) is 37.7 Å². The van der Waals surface area contributed by atoms with Crippen molar-refractivity contribution in [3.8, 4) is 5.69 Å². The van der Waals surface area contributed by atoms with Gasteiger partial charge in [-0.1, -0.05) is 0 Å². The van der Waals surface area contributed by atoms with Crippen molar-refractivity contribution in [2.45, 2.75) is 13.1 Å². The van der Waals surface area contributed by atoms with Crippen molar-refractivity contribution in [1.29, 1.82) is 0 Å². The number of hydrogen-bond acceptors (Lipinski definition) is 4. The van der Waals surface area contributed by atoms with E-state index in [1.165, 1.54) is 34.8 Å². The average molecular weight is 395 g/mol. The van der Waals surface area contributed by atoms with Gasteiger partial charge in [-0.15, -0.1) is 22.7 Å². The van der Waals surface area contributed by atoms with Crippen LogP contribution in [0.2, 0.25) is 0 Å². The Labute approximate surface area is 153 Å². The van der Waals surface area contributed by atoms with Crippen molar-refractivity contribution in [3.05, 3.63) is 45.8 Å². The van der Waals surface area contributed by atoms with E-state index in [1.807, 2.05) is 11.5 Å². The van der Waals surface area contributed by atoms with Gasteiger partial charge in [0.15, 0.2) is 0 Å². The van der Waals surface area contributed by atoms with Gasteiger partial charge in [-0.2, -0.15) is 13.2 Å². The Hall–Kier alpha value is -2.39. The maximum absolute atomic E-state index is 12.8. The van der Waals surface area contributed by atoms with E-state index in [0.29, 0.717) is 10.6 Å². The van der Waals surface area contributed by atoms with Crippen LogP contribution in [0.4, 0.5) is 13.2 Å². The first-order valence-corrected chi connectivity index (χ1v) is 9.24. The number of fused-ring (bicyclic) bond motifs is 3. The molecule has 4 aromatic rings. The van der Waals surface area contributed by atoms with E-state index in [1.54, 1.807) is 13.1 Å². The van der Waals surface area contributed by atoms with Crippen LogP contribution < -0.4 is 5.32 Å². The molecule has 0 spiro atoms. The van der Waals surface area contributed by atoms with Crippen LogP contribution >= 0.6 is 22.7 Å². The van der Waals surface area contributed by atoms with Crippen LogP contribution in [0, 0.1) is 6.92 Å². The third-order valence-corrected chi connectivity index (χ3v) is 6.08. The average Bonchev–Trinajstić information content (AvgIpc) is 3.23. The van der Waals surface area contributed by atoms with E-state index in [4.69, 9.17) is 0 Å². The van der Waals surface area contributed by atoms with Gasteiger partial charge in [0.05, 0.1) is 25.7 Å². The normalized spacial score (nSPS) is 12.2. The Morgan fingerprint density at radius 3 is 2.50 bits per heavy atom. The Balaban J connectivity index is 1.97. The summed E-state index contributed by atoms with van der Waals surface area (Å²) in [5.41, 5.74) is 1.44. The molecule has 0 aliphatic carbocycles. The number of aryl methyl sites for hydroxylation is 1. The molecule has 134 valence electrons. The third kappa shape index (κ3) is 2.58. The number of benzene rings is 1. The number of halogens is 3. The van der Waals surface area contributed by atoms with Gasteiger partial charge in [0.2, 0.25) is 0 Å². The quantitative estimate of drug-likeness (QED) is 0.520. The Morgan fingerprint density at radius 2 is 1.88 bits per heavy atom. The van der Waals surface area contributed by atoms with Crippen LogP contribution in [-0.4, -0.2) is 22.5 Å². The summed E-state index contributed by atoms with van der Waals surface area (Å²) in [4.78, 5) is 17.9. The lowest BCUT2D eigenvalue weighted by Crippen LogP contribution is -2.16. The standard InChI is InChI=1S/C17H12F3N3OS2/c1-8-22-13-14-11(7-12(26-14)15(24)21-2)23(16(13)25-8)10-5-3-9(4-6-10)17(18,19)20/h3-7H,1-2H3,(H,21,24). The predicted molar refractivity (Wildman–Crippen MR) is 97.5 cm³/mol. The molecule has 0 saturated heterocycles. The molecule has 1 amide bonds. The van der Waals surface area contributed by atoms with Crippen molar-refractivity contribution in [1.82, 2.24) is 14.9 Å². The van der Waals surface area contributed by atoms with Crippen LogP contribution in [0.1, 0.15) is 20.2 Å². The molecule has 4 nitrogen and oxygen atoms in total. The highest BCUT2D eigenvalue weighted by Gasteiger charge is 2.30. The molecule has 0 saturated carbocycles. The summed E-state index contributed by atoms with van der Waals surface area (Å²) in [6.07, 6.45) is -4.38. The van der Waals surface area contributed by atoms with Crippen molar-refractivity contribution in [2.24, 2.45) is 0 Å². The lowest BCUT2D eigenvalue weighted by atomic mass is 10.2. The van der Waals surface area contributed by atoms with Gasteiger partial charge in [0, 0.05) is 12.7 Å². The van der Waals surface area contributed by atoms with Crippen molar-refractivity contribution < 1.29 is 18.0 Å². The topological polar surface area (TPSA) is 46.9 Å². The molecule has 1 N–H and O–H groups in total. The third-order valence-electron chi connectivity index (χ3n) is 3.99. The number of rotatable bonds is 2. The lowest BCUT2D eigenvalue weighted by Gasteiger charge is -2.09. The van der Waals surface area contributed by atoms with Crippen LogP contribution in [0.25, 0.3) is 26.3 Å². The van der Waals surface area contributed by atoms with Gasteiger partial charge in [0.1, 0.15) is 10.3 Å². The number of thiophene rings is 1. The molecule has 4 rings (SSSR count).